The van der Waals surface area contributed by atoms with E-state index in [1.807, 2.05) is 23.2 Å². The first-order chi connectivity index (χ1) is 16.0. The van der Waals surface area contributed by atoms with Crippen LogP contribution in [-0.4, -0.2) is 59.6 Å². The number of anilines is 2. The fourth-order valence-corrected chi connectivity index (χ4v) is 4.55. The maximum absolute atomic E-state index is 14.4. The molecule has 0 atom stereocenters. The molecule has 0 bridgehead atoms. The smallest absolute Gasteiger partial charge is 0.151 e. The molecule has 33 heavy (non-hydrogen) atoms. The summed E-state index contributed by atoms with van der Waals surface area (Å²) >= 11 is 6.07. The molecule has 0 amide bonds. The third kappa shape index (κ3) is 4.50. The monoisotopic (exact) mass is 470 g/mol. The number of benzene rings is 1. The highest BCUT2D eigenvalue weighted by Gasteiger charge is 2.24. The molecular formula is C24H25ClF2N6. The Morgan fingerprint density at radius 1 is 0.939 bits per heavy atom. The largest absolute Gasteiger partial charge is 0.354 e. The van der Waals surface area contributed by atoms with Gasteiger partial charge in [0.15, 0.2) is 5.82 Å². The van der Waals surface area contributed by atoms with Gasteiger partial charge >= 0.3 is 0 Å². The quantitative estimate of drug-likeness (QED) is 0.533. The van der Waals surface area contributed by atoms with Crippen LogP contribution < -0.4 is 9.80 Å². The minimum absolute atomic E-state index is 0.133. The van der Waals surface area contributed by atoms with Gasteiger partial charge in [-0.3, -0.25) is 4.98 Å². The van der Waals surface area contributed by atoms with E-state index in [0.29, 0.717) is 18.1 Å². The minimum Gasteiger partial charge on any atom is -0.354 e. The third-order valence-corrected chi connectivity index (χ3v) is 6.74. The first-order valence-electron chi connectivity index (χ1n) is 11.1. The highest BCUT2D eigenvalue weighted by Crippen LogP contribution is 2.31. The van der Waals surface area contributed by atoms with Crippen molar-refractivity contribution in [2.45, 2.75) is 19.4 Å². The zero-order valence-corrected chi connectivity index (χ0v) is 19.2. The van der Waals surface area contributed by atoms with E-state index in [4.69, 9.17) is 16.6 Å². The molecule has 0 spiro atoms. The van der Waals surface area contributed by atoms with Crippen molar-refractivity contribution >= 4 is 23.2 Å². The fraction of sp³-hybridized carbons (Fsp3) is 0.375. The van der Waals surface area contributed by atoms with Gasteiger partial charge in [-0.2, -0.15) is 0 Å². The van der Waals surface area contributed by atoms with Crippen molar-refractivity contribution in [1.82, 2.24) is 19.9 Å². The average Bonchev–Trinajstić information content (AvgIpc) is 2.84. The summed E-state index contributed by atoms with van der Waals surface area (Å²) in [4.78, 5) is 20.6. The molecule has 0 radical (unpaired) electrons. The predicted molar refractivity (Wildman–Crippen MR) is 126 cm³/mol. The van der Waals surface area contributed by atoms with Crippen LogP contribution in [0.1, 0.15) is 17.7 Å². The van der Waals surface area contributed by atoms with Gasteiger partial charge in [-0.15, -0.1) is 0 Å². The molecule has 0 saturated carbocycles. The lowest BCUT2D eigenvalue weighted by molar-refractivity contribution is 0.312. The molecule has 6 nitrogen and oxygen atoms in total. The molecule has 9 heteroatoms. The molecule has 1 fully saturated rings. The molecule has 2 aliphatic rings. The normalized spacial score (nSPS) is 16.7. The van der Waals surface area contributed by atoms with Crippen molar-refractivity contribution in [2.24, 2.45) is 0 Å². The van der Waals surface area contributed by atoms with Gasteiger partial charge in [-0.25, -0.2) is 18.7 Å². The molecular weight excluding hydrogens is 446 g/mol. The Morgan fingerprint density at radius 2 is 1.73 bits per heavy atom. The maximum Gasteiger partial charge on any atom is 0.151 e. The van der Waals surface area contributed by atoms with E-state index < -0.39 is 11.6 Å². The van der Waals surface area contributed by atoms with Crippen LogP contribution in [0.15, 0.2) is 36.7 Å². The van der Waals surface area contributed by atoms with Crippen molar-refractivity contribution in [3.05, 3.63) is 64.6 Å². The summed E-state index contributed by atoms with van der Waals surface area (Å²) < 4.78 is 28.3. The van der Waals surface area contributed by atoms with E-state index in [0.717, 1.165) is 68.2 Å². The molecule has 4 heterocycles. The standard InChI is InChI=1S/C24H25ClF2N6/c1-31-9-11-32(12-10-31)22-7-4-16(13-29-22)21-14-28-20-3-2-8-33(24(20)30-21)15-17-18(26)5-6-19(27)23(17)25/h4-7,13-14H,2-3,8-12,15H2,1H3. The number of nitrogens with zero attached hydrogens (tertiary/aromatic N) is 6. The summed E-state index contributed by atoms with van der Waals surface area (Å²) in [6.07, 6.45) is 5.22. The van der Waals surface area contributed by atoms with Crippen molar-refractivity contribution in [2.75, 3.05) is 49.6 Å². The zero-order valence-electron chi connectivity index (χ0n) is 18.4. The third-order valence-electron chi connectivity index (χ3n) is 6.33. The summed E-state index contributed by atoms with van der Waals surface area (Å²) in [5, 5.41) is -0.185. The van der Waals surface area contributed by atoms with Crippen LogP contribution in [0.4, 0.5) is 20.4 Å². The topological polar surface area (TPSA) is 48.4 Å². The zero-order chi connectivity index (χ0) is 22.9. The molecule has 2 aromatic heterocycles. The number of likely N-dealkylation sites (N-methyl/N-ethyl adjacent to an activating group) is 1. The molecule has 3 aromatic rings. The Morgan fingerprint density at radius 3 is 2.48 bits per heavy atom. The van der Waals surface area contributed by atoms with Gasteiger partial charge in [0.2, 0.25) is 0 Å². The Kier molecular flexibility index (Phi) is 6.12. The number of fused-ring (bicyclic) bond motifs is 1. The lowest BCUT2D eigenvalue weighted by Crippen LogP contribution is -2.44. The summed E-state index contributed by atoms with van der Waals surface area (Å²) in [6, 6.07) is 6.17. The Balaban J connectivity index is 1.40. The van der Waals surface area contributed by atoms with E-state index in [9.17, 15) is 8.78 Å². The van der Waals surface area contributed by atoms with Gasteiger partial charge in [0.1, 0.15) is 17.5 Å². The highest BCUT2D eigenvalue weighted by molar-refractivity contribution is 6.31. The number of hydrogen-bond acceptors (Lipinski definition) is 6. The summed E-state index contributed by atoms with van der Waals surface area (Å²) in [7, 11) is 2.13. The molecule has 172 valence electrons. The van der Waals surface area contributed by atoms with E-state index >= 15 is 0 Å². The molecule has 0 N–H and O–H groups in total. The Labute approximate surface area is 196 Å². The average molecular weight is 471 g/mol. The lowest BCUT2D eigenvalue weighted by atomic mass is 10.1. The van der Waals surface area contributed by atoms with Gasteiger partial charge in [0.05, 0.1) is 22.6 Å². The van der Waals surface area contributed by atoms with Gasteiger partial charge in [0, 0.05) is 56.6 Å². The van der Waals surface area contributed by atoms with Crippen LogP contribution >= 0.6 is 11.6 Å². The number of pyridine rings is 1. The summed E-state index contributed by atoms with van der Waals surface area (Å²) in [5.74, 6) is 0.482. The number of aryl methyl sites for hydroxylation is 1. The second-order valence-electron chi connectivity index (χ2n) is 8.57. The Hall–Kier alpha value is -2.84. The second kappa shape index (κ2) is 9.19. The van der Waals surface area contributed by atoms with E-state index in [2.05, 4.69) is 26.8 Å². The number of halogens is 3. The van der Waals surface area contributed by atoms with E-state index in [-0.39, 0.29) is 17.1 Å². The lowest BCUT2D eigenvalue weighted by Gasteiger charge is -2.33. The number of piperazine rings is 1. The maximum atomic E-state index is 14.4. The second-order valence-corrected chi connectivity index (χ2v) is 8.95. The van der Waals surface area contributed by atoms with E-state index in [1.54, 1.807) is 6.20 Å². The number of rotatable bonds is 4. The van der Waals surface area contributed by atoms with Crippen LogP contribution in [0.3, 0.4) is 0 Å². The molecule has 2 aliphatic heterocycles. The molecule has 0 aliphatic carbocycles. The first-order valence-corrected chi connectivity index (χ1v) is 11.5. The minimum atomic E-state index is -0.628. The van der Waals surface area contributed by atoms with Gasteiger partial charge in [-0.1, -0.05) is 11.6 Å². The molecule has 1 aromatic carbocycles. The van der Waals surface area contributed by atoms with Crippen LogP contribution in [0.5, 0.6) is 0 Å². The van der Waals surface area contributed by atoms with Gasteiger partial charge in [-0.05, 0) is 44.2 Å². The van der Waals surface area contributed by atoms with Crippen molar-refractivity contribution in [3.63, 3.8) is 0 Å². The van der Waals surface area contributed by atoms with Crippen LogP contribution in [0.2, 0.25) is 5.02 Å². The predicted octanol–water partition coefficient (Wildman–Crippen LogP) is 4.17. The number of hydrogen-bond donors (Lipinski definition) is 0. The van der Waals surface area contributed by atoms with Crippen LogP contribution in [-0.2, 0) is 13.0 Å². The SMILES string of the molecule is CN1CCN(c2ccc(-c3cnc4c(n3)N(Cc3c(F)ccc(F)c3Cl)CCC4)cn2)CC1. The van der Waals surface area contributed by atoms with E-state index in [1.165, 1.54) is 0 Å². The summed E-state index contributed by atoms with van der Waals surface area (Å²) in [5.41, 5.74) is 2.54. The van der Waals surface area contributed by atoms with Crippen LogP contribution in [0.25, 0.3) is 11.3 Å². The molecule has 1 saturated heterocycles. The van der Waals surface area contributed by atoms with Crippen molar-refractivity contribution < 1.29 is 8.78 Å². The number of aromatic nitrogens is 3. The Bertz CT molecular complexity index is 1150. The van der Waals surface area contributed by atoms with Gasteiger partial charge in [0.25, 0.3) is 0 Å². The van der Waals surface area contributed by atoms with Crippen LogP contribution in [0, 0.1) is 11.6 Å². The fourth-order valence-electron chi connectivity index (χ4n) is 4.34. The highest BCUT2D eigenvalue weighted by atomic mass is 35.5. The molecule has 0 unspecified atom stereocenters. The first kappa shape index (κ1) is 22.0. The van der Waals surface area contributed by atoms with Crippen molar-refractivity contribution in [3.8, 4) is 11.3 Å². The van der Waals surface area contributed by atoms with Gasteiger partial charge < -0.3 is 14.7 Å². The summed E-state index contributed by atoms with van der Waals surface area (Å²) in [6.45, 7) is 4.74. The molecule has 5 rings (SSSR count). The van der Waals surface area contributed by atoms with Crippen molar-refractivity contribution in [1.29, 1.82) is 0 Å².